The summed E-state index contributed by atoms with van der Waals surface area (Å²) < 4.78 is 11.0. The van der Waals surface area contributed by atoms with Crippen molar-refractivity contribution in [1.82, 2.24) is 0 Å². The van der Waals surface area contributed by atoms with Gasteiger partial charge in [0.1, 0.15) is 5.75 Å². The predicted molar refractivity (Wildman–Crippen MR) is 54.5 cm³/mol. The Labute approximate surface area is 86.0 Å². The molecule has 0 spiro atoms. The molecule has 0 bridgehead atoms. The number of ether oxygens (including phenoxy) is 2. The second kappa shape index (κ2) is 5.21. The van der Waals surface area contributed by atoms with E-state index in [-0.39, 0.29) is 6.79 Å². The van der Waals surface area contributed by atoms with Gasteiger partial charge in [0.25, 0.3) is 0 Å². The maximum absolute atomic E-state index is 5.53. The zero-order chi connectivity index (χ0) is 9.68. The van der Waals surface area contributed by atoms with E-state index in [0.717, 1.165) is 15.8 Å². The molecule has 3 nitrogen and oxygen atoms in total. The van der Waals surface area contributed by atoms with E-state index in [2.05, 4.69) is 15.9 Å². The van der Waals surface area contributed by atoms with E-state index in [9.17, 15) is 0 Å². The molecule has 0 heterocycles. The van der Waals surface area contributed by atoms with Crippen LogP contribution in [0.2, 0.25) is 0 Å². The van der Waals surface area contributed by atoms with E-state index in [1.54, 1.807) is 7.11 Å². The van der Waals surface area contributed by atoms with Crippen molar-refractivity contribution in [3.63, 3.8) is 0 Å². The molecule has 1 aromatic carbocycles. The summed E-state index contributed by atoms with van der Waals surface area (Å²) >= 11 is 3.39. The van der Waals surface area contributed by atoms with Gasteiger partial charge in [-0.1, -0.05) is 15.9 Å². The summed E-state index contributed by atoms with van der Waals surface area (Å²) in [5.74, 6) is 0.769. The Bertz CT molecular complexity index is 278. The van der Waals surface area contributed by atoms with Crippen molar-refractivity contribution >= 4 is 15.9 Å². The van der Waals surface area contributed by atoms with Crippen molar-refractivity contribution in [2.45, 2.75) is 6.54 Å². The first-order valence-electron chi connectivity index (χ1n) is 3.88. The molecule has 1 rings (SSSR count). The summed E-state index contributed by atoms with van der Waals surface area (Å²) in [6, 6.07) is 5.67. The van der Waals surface area contributed by atoms with Gasteiger partial charge in [0.05, 0.1) is 0 Å². The summed E-state index contributed by atoms with van der Waals surface area (Å²) in [4.78, 5) is 0. The predicted octanol–water partition coefficient (Wildman–Crippen LogP) is 1.89. The van der Waals surface area contributed by atoms with Crippen LogP contribution in [0.4, 0.5) is 0 Å². The highest BCUT2D eigenvalue weighted by Crippen LogP contribution is 2.21. The molecular formula is C9H12BrNO2. The van der Waals surface area contributed by atoms with Crippen LogP contribution >= 0.6 is 15.9 Å². The van der Waals surface area contributed by atoms with Gasteiger partial charge in [-0.15, -0.1) is 0 Å². The Hall–Kier alpha value is -0.580. The highest BCUT2D eigenvalue weighted by molar-refractivity contribution is 9.10. The molecule has 0 aliphatic heterocycles. The molecule has 0 aromatic heterocycles. The van der Waals surface area contributed by atoms with E-state index in [1.165, 1.54) is 0 Å². The number of nitrogens with two attached hydrogens (primary N) is 1. The fourth-order valence-corrected chi connectivity index (χ4v) is 1.33. The molecule has 4 heteroatoms. The van der Waals surface area contributed by atoms with Crippen LogP contribution < -0.4 is 10.5 Å². The minimum atomic E-state index is 0.256. The van der Waals surface area contributed by atoms with Gasteiger partial charge < -0.3 is 15.2 Å². The number of hydrogen-bond donors (Lipinski definition) is 1. The van der Waals surface area contributed by atoms with Crippen LogP contribution in [-0.4, -0.2) is 13.9 Å². The van der Waals surface area contributed by atoms with E-state index in [0.29, 0.717) is 6.54 Å². The van der Waals surface area contributed by atoms with Gasteiger partial charge in [0.15, 0.2) is 6.79 Å². The number of hydrogen-bond acceptors (Lipinski definition) is 3. The second-order valence-corrected chi connectivity index (χ2v) is 3.36. The van der Waals surface area contributed by atoms with Crippen molar-refractivity contribution < 1.29 is 9.47 Å². The molecule has 0 aliphatic carbocycles. The normalized spacial score (nSPS) is 10.1. The molecule has 0 fully saturated rings. The first kappa shape index (κ1) is 10.5. The van der Waals surface area contributed by atoms with Crippen molar-refractivity contribution in [3.05, 3.63) is 28.2 Å². The van der Waals surface area contributed by atoms with Gasteiger partial charge in [0.2, 0.25) is 0 Å². The zero-order valence-corrected chi connectivity index (χ0v) is 9.00. The molecule has 2 N–H and O–H groups in total. The van der Waals surface area contributed by atoms with Gasteiger partial charge in [-0.2, -0.15) is 0 Å². The lowest BCUT2D eigenvalue weighted by Gasteiger charge is -2.07. The highest BCUT2D eigenvalue weighted by atomic mass is 79.9. The molecule has 0 aliphatic rings. The quantitative estimate of drug-likeness (QED) is 0.825. The Morgan fingerprint density at radius 3 is 2.85 bits per heavy atom. The Morgan fingerprint density at radius 2 is 2.23 bits per heavy atom. The lowest BCUT2D eigenvalue weighted by Crippen LogP contribution is -2.01. The molecule has 1 aromatic rings. The third-order valence-electron chi connectivity index (χ3n) is 1.58. The largest absolute Gasteiger partial charge is 0.468 e. The van der Waals surface area contributed by atoms with Gasteiger partial charge in [0, 0.05) is 18.1 Å². The molecule has 0 radical (unpaired) electrons. The smallest absolute Gasteiger partial charge is 0.188 e. The van der Waals surface area contributed by atoms with Gasteiger partial charge in [-0.05, 0) is 23.8 Å². The molecule has 0 atom stereocenters. The van der Waals surface area contributed by atoms with Crippen LogP contribution in [-0.2, 0) is 11.3 Å². The summed E-state index contributed by atoms with van der Waals surface area (Å²) in [5, 5.41) is 0. The number of methoxy groups -OCH3 is 1. The van der Waals surface area contributed by atoms with Crippen LogP contribution in [0.5, 0.6) is 5.75 Å². The maximum atomic E-state index is 5.53. The van der Waals surface area contributed by atoms with Crippen molar-refractivity contribution in [1.29, 1.82) is 0 Å². The van der Waals surface area contributed by atoms with Gasteiger partial charge in [-0.3, -0.25) is 0 Å². The SMILES string of the molecule is COCOc1ccc(Br)c(CN)c1. The van der Waals surface area contributed by atoms with Gasteiger partial charge in [-0.25, -0.2) is 0 Å². The zero-order valence-electron chi connectivity index (χ0n) is 7.42. The summed E-state index contributed by atoms with van der Waals surface area (Å²) in [6.07, 6.45) is 0. The number of halogens is 1. The van der Waals surface area contributed by atoms with Crippen LogP contribution in [0, 0.1) is 0 Å². The Morgan fingerprint density at radius 1 is 1.46 bits per heavy atom. The first-order valence-corrected chi connectivity index (χ1v) is 4.67. The summed E-state index contributed by atoms with van der Waals surface area (Å²) in [5.41, 5.74) is 6.55. The topological polar surface area (TPSA) is 44.5 Å². The average Bonchev–Trinajstić information content (AvgIpc) is 2.16. The third-order valence-corrected chi connectivity index (χ3v) is 2.35. The molecule has 72 valence electrons. The first-order chi connectivity index (χ1) is 6.27. The lowest BCUT2D eigenvalue weighted by atomic mass is 10.2. The van der Waals surface area contributed by atoms with Crippen LogP contribution in [0.1, 0.15) is 5.56 Å². The van der Waals surface area contributed by atoms with Crippen LogP contribution in [0.25, 0.3) is 0 Å². The second-order valence-electron chi connectivity index (χ2n) is 2.51. The van der Waals surface area contributed by atoms with E-state index in [1.807, 2.05) is 18.2 Å². The lowest BCUT2D eigenvalue weighted by molar-refractivity contribution is 0.0511. The minimum Gasteiger partial charge on any atom is -0.468 e. The summed E-state index contributed by atoms with van der Waals surface area (Å²) in [7, 11) is 1.59. The standard InChI is InChI=1S/C9H12BrNO2/c1-12-6-13-8-2-3-9(10)7(4-8)5-11/h2-4H,5-6,11H2,1H3. The Kier molecular flexibility index (Phi) is 4.21. The fraction of sp³-hybridized carbons (Fsp3) is 0.333. The van der Waals surface area contributed by atoms with Gasteiger partial charge >= 0.3 is 0 Å². The average molecular weight is 246 g/mol. The summed E-state index contributed by atoms with van der Waals surface area (Å²) in [6.45, 7) is 0.746. The molecular weight excluding hydrogens is 234 g/mol. The van der Waals surface area contributed by atoms with Crippen molar-refractivity contribution in [3.8, 4) is 5.75 Å². The fourth-order valence-electron chi connectivity index (χ4n) is 0.924. The number of benzene rings is 1. The minimum absolute atomic E-state index is 0.256. The molecule has 13 heavy (non-hydrogen) atoms. The highest BCUT2D eigenvalue weighted by Gasteiger charge is 2.00. The molecule has 0 amide bonds. The van der Waals surface area contributed by atoms with Crippen LogP contribution in [0.15, 0.2) is 22.7 Å². The third kappa shape index (κ3) is 2.99. The monoisotopic (exact) mass is 245 g/mol. The maximum Gasteiger partial charge on any atom is 0.188 e. The van der Waals surface area contributed by atoms with E-state index >= 15 is 0 Å². The van der Waals surface area contributed by atoms with E-state index < -0.39 is 0 Å². The van der Waals surface area contributed by atoms with E-state index in [4.69, 9.17) is 15.2 Å². The number of rotatable bonds is 4. The molecule has 0 unspecified atom stereocenters. The van der Waals surface area contributed by atoms with Crippen LogP contribution in [0.3, 0.4) is 0 Å². The van der Waals surface area contributed by atoms with Crippen molar-refractivity contribution in [2.75, 3.05) is 13.9 Å². The van der Waals surface area contributed by atoms with Crippen molar-refractivity contribution in [2.24, 2.45) is 5.73 Å². The molecule has 0 saturated heterocycles. The Balaban J connectivity index is 2.74. The molecule has 0 saturated carbocycles.